The molecule has 0 saturated heterocycles. The van der Waals surface area contributed by atoms with Gasteiger partial charge in [-0.2, -0.15) is 0 Å². The van der Waals surface area contributed by atoms with Crippen LogP contribution in [-0.4, -0.2) is 17.5 Å². The van der Waals surface area contributed by atoms with Gasteiger partial charge in [-0.3, -0.25) is 9.78 Å². The third-order valence-corrected chi connectivity index (χ3v) is 3.14. The van der Waals surface area contributed by atoms with Gasteiger partial charge < -0.3 is 10.1 Å². The van der Waals surface area contributed by atoms with E-state index in [-0.39, 0.29) is 18.7 Å². The standard InChI is InChI=1S/C16H16F2N2O2/c1-3-22-15-13(17)6-11(7-14(15)18)16(21)20-9-12-8-19-5-4-10(12)2/h4-8H,3,9H2,1-2H3,(H,20,21). The lowest BCUT2D eigenvalue weighted by atomic mass is 10.1. The third-order valence-electron chi connectivity index (χ3n) is 3.14. The van der Waals surface area contributed by atoms with E-state index in [2.05, 4.69) is 10.3 Å². The van der Waals surface area contributed by atoms with Gasteiger partial charge >= 0.3 is 0 Å². The Kier molecular flexibility index (Phi) is 5.04. The molecule has 1 aromatic carbocycles. The second kappa shape index (κ2) is 6.98. The average Bonchev–Trinajstić information content (AvgIpc) is 2.49. The summed E-state index contributed by atoms with van der Waals surface area (Å²) < 4.78 is 32.3. The molecule has 0 aliphatic carbocycles. The summed E-state index contributed by atoms with van der Waals surface area (Å²) in [5.74, 6) is -2.83. The van der Waals surface area contributed by atoms with E-state index in [4.69, 9.17) is 4.74 Å². The maximum absolute atomic E-state index is 13.7. The number of carbonyl (C=O) groups excluding carboxylic acids is 1. The lowest BCUT2D eigenvalue weighted by Gasteiger charge is -2.10. The predicted molar refractivity (Wildman–Crippen MR) is 77.7 cm³/mol. The van der Waals surface area contributed by atoms with E-state index in [1.165, 1.54) is 0 Å². The number of carbonyl (C=O) groups is 1. The first-order chi connectivity index (χ1) is 10.5. The number of hydrogen-bond acceptors (Lipinski definition) is 3. The summed E-state index contributed by atoms with van der Waals surface area (Å²) in [4.78, 5) is 16.0. The zero-order valence-electron chi connectivity index (χ0n) is 12.3. The number of halogens is 2. The molecular weight excluding hydrogens is 290 g/mol. The first-order valence-corrected chi connectivity index (χ1v) is 6.82. The average molecular weight is 306 g/mol. The van der Waals surface area contributed by atoms with E-state index < -0.39 is 23.3 Å². The van der Waals surface area contributed by atoms with Crippen LogP contribution in [0.25, 0.3) is 0 Å². The Labute approximate surface area is 127 Å². The maximum Gasteiger partial charge on any atom is 0.251 e. The van der Waals surface area contributed by atoms with Gasteiger partial charge in [0.25, 0.3) is 5.91 Å². The Morgan fingerprint density at radius 2 is 2.00 bits per heavy atom. The minimum atomic E-state index is -0.899. The summed E-state index contributed by atoms with van der Waals surface area (Å²) in [7, 11) is 0. The highest BCUT2D eigenvalue weighted by molar-refractivity contribution is 5.94. The molecule has 0 saturated carbocycles. The summed E-state index contributed by atoms with van der Waals surface area (Å²) >= 11 is 0. The van der Waals surface area contributed by atoms with Gasteiger partial charge in [0.05, 0.1) is 6.61 Å². The first kappa shape index (κ1) is 15.9. The van der Waals surface area contributed by atoms with Crippen molar-refractivity contribution in [3.8, 4) is 5.75 Å². The van der Waals surface area contributed by atoms with Crippen molar-refractivity contribution >= 4 is 5.91 Å². The van der Waals surface area contributed by atoms with E-state index in [0.717, 1.165) is 23.3 Å². The van der Waals surface area contributed by atoms with Crippen molar-refractivity contribution in [3.05, 3.63) is 58.9 Å². The molecule has 116 valence electrons. The normalized spacial score (nSPS) is 10.4. The highest BCUT2D eigenvalue weighted by Crippen LogP contribution is 2.23. The molecule has 0 bridgehead atoms. The maximum atomic E-state index is 13.7. The van der Waals surface area contributed by atoms with Gasteiger partial charge in [-0.15, -0.1) is 0 Å². The van der Waals surface area contributed by atoms with Gasteiger partial charge in [0.2, 0.25) is 0 Å². The fourth-order valence-corrected chi connectivity index (χ4v) is 1.93. The molecule has 0 unspecified atom stereocenters. The van der Waals surface area contributed by atoms with Crippen LogP contribution in [0.4, 0.5) is 8.78 Å². The Morgan fingerprint density at radius 1 is 1.32 bits per heavy atom. The SMILES string of the molecule is CCOc1c(F)cc(C(=O)NCc2cnccc2C)cc1F. The van der Waals surface area contributed by atoms with Gasteiger partial charge in [-0.05, 0) is 43.2 Å². The predicted octanol–water partition coefficient (Wildman–Crippen LogP) is 3.00. The van der Waals surface area contributed by atoms with Crippen LogP contribution < -0.4 is 10.1 Å². The molecule has 6 heteroatoms. The van der Waals surface area contributed by atoms with Crippen molar-refractivity contribution in [1.82, 2.24) is 10.3 Å². The van der Waals surface area contributed by atoms with Gasteiger partial charge in [0.1, 0.15) is 0 Å². The molecule has 0 fully saturated rings. The van der Waals surface area contributed by atoms with Crippen molar-refractivity contribution in [2.75, 3.05) is 6.61 Å². The van der Waals surface area contributed by atoms with E-state index in [1.54, 1.807) is 19.3 Å². The largest absolute Gasteiger partial charge is 0.488 e. The summed E-state index contributed by atoms with van der Waals surface area (Å²) in [6.07, 6.45) is 3.28. The number of aryl methyl sites for hydroxylation is 1. The Balaban J connectivity index is 2.12. The lowest BCUT2D eigenvalue weighted by Crippen LogP contribution is -2.23. The molecule has 0 aliphatic heterocycles. The third kappa shape index (κ3) is 3.58. The van der Waals surface area contributed by atoms with Crippen LogP contribution in [0.2, 0.25) is 0 Å². The van der Waals surface area contributed by atoms with Crippen LogP contribution in [0, 0.1) is 18.6 Å². The Hall–Kier alpha value is -2.50. The van der Waals surface area contributed by atoms with Crippen LogP contribution in [-0.2, 0) is 6.54 Å². The van der Waals surface area contributed by atoms with Crippen molar-refractivity contribution in [3.63, 3.8) is 0 Å². The van der Waals surface area contributed by atoms with Crippen LogP contribution in [0.5, 0.6) is 5.75 Å². The lowest BCUT2D eigenvalue weighted by molar-refractivity contribution is 0.0949. The molecule has 1 amide bonds. The molecule has 0 spiro atoms. The fraction of sp³-hybridized carbons (Fsp3) is 0.250. The highest BCUT2D eigenvalue weighted by atomic mass is 19.1. The molecule has 22 heavy (non-hydrogen) atoms. The minimum absolute atomic E-state index is 0.0972. The molecule has 1 aromatic heterocycles. The number of pyridine rings is 1. The van der Waals surface area contributed by atoms with Crippen molar-refractivity contribution in [2.24, 2.45) is 0 Å². The highest BCUT2D eigenvalue weighted by Gasteiger charge is 2.16. The first-order valence-electron chi connectivity index (χ1n) is 6.82. The van der Waals surface area contributed by atoms with Crippen LogP contribution >= 0.6 is 0 Å². The quantitative estimate of drug-likeness (QED) is 0.924. The monoisotopic (exact) mass is 306 g/mol. The van der Waals surface area contributed by atoms with Crippen molar-refractivity contribution < 1.29 is 18.3 Å². The zero-order valence-corrected chi connectivity index (χ0v) is 12.3. The molecule has 1 heterocycles. The van der Waals surface area contributed by atoms with Crippen LogP contribution in [0.15, 0.2) is 30.6 Å². The molecule has 0 atom stereocenters. The smallest absolute Gasteiger partial charge is 0.251 e. The van der Waals surface area contributed by atoms with Crippen LogP contribution in [0.1, 0.15) is 28.4 Å². The zero-order chi connectivity index (χ0) is 16.1. The minimum Gasteiger partial charge on any atom is -0.488 e. The number of rotatable bonds is 5. The number of hydrogen-bond donors (Lipinski definition) is 1. The van der Waals surface area contributed by atoms with Gasteiger partial charge in [-0.25, -0.2) is 8.78 Å². The van der Waals surface area contributed by atoms with Gasteiger partial charge in [0.15, 0.2) is 17.4 Å². The number of benzene rings is 1. The number of ether oxygens (including phenoxy) is 1. The number of nitrogens with one attached hydrogen (secondary N) is 1. The van der Waals surface area contributed by atoms with Gasteiger partial charge in [0, 0.05) is 24.5 Å². The molecule has 0 aliphatic rings. The molecule has 2 rings (SSSR count). The van der Waals surface area contributed by atoms with E-state index in [9.17, 15) is 13.6 Å². The summed E-state index contributed by atoms with van der Waals surface area (Å²) in [6, 6.07) is 3.73. The van der Waals surface area contributed by atoms with Crippen molar-refractivity contribution in [2.45, 2.75) is 20.4 Å². The number of aromatic nitrogens is 1. The molecule has 2 aromatic rings. The number of nitrogens with zero attached hydrogens (tertiary/aromatic N) is 1. The molecule has 1 N–H and O–H groups in total. The van der Waals surface area contributed by atoms with E-state index in [0.29, 0.717) is 0 Å². The van der Waals surface area contributed by atoms with Crippen molar-refractivity contribution in [1.29, 1.82) is 0 Å². The summed E-state index contributed by atoms with van der Waals surface area (Å²) in [6.45, 7) is 3.88. The second-order valence-electron chi connectivity index (χ2n) is 4.69. The topological polar surface area (TPSA) is 51.2 Å². The fourth-order valence-electron chi connectivity index (χ4n) is 1.93. The van der Waals surface area contributed by atoms with Crippen LogP contribution in [0.3, 0.4) is 0 Å². The molecule has 4 nitrogen and oxygen atoms in total. The number of amides is 1. The van der Waals surface area contributed by atoms with Gasteiger partial charge in [-0.1, -0.05) is 0 Å². The Bertz CT molecular complexity index is 667. The molecular formula is C16H16F2N2O2. The summed E-state index contributed by atoms with van der Waals surface area (Å²) in [5.41, 5.74) is 1.71. The summed E-state index contributed by atoms with van der Waals surface area (Å²) in [5, 5.41) is 2.61. The van der Waals surface area contributed by atoms with E-state index in [1.807, 2.05) is 13.0 Å². The molecule has 0 radical (unpaired) electrons. The van der Waals surface area contributed by atoms with E-state index >= 15 is 0 Å². The Morgan fingerprint density at radius 3 is 2.59 bits per heavy atom. The second-order valence-corrected chi connectivity index (χ2v) is 4.69.